The zero-order valence-corrected chi connectivity index (χ0v) is 13.5. The maximum atomic E-state index is 12.8. The van der Waals surface area contributed by atoms with Crippen molar-refractivity contribution in [1.82, 2.24) is 19.6 Å². The van der Waals surface area contributed by atoms with Crippen molar-refractivity contribution in [3.8, 4) is 0 Å². The van der Waals surface area contributed by atoms with Gasteiger partial charge >= 0.3 is 6.18 Å². The van der Waals surface area contributed by atoms with E-state index < -0.39 is 22.8 Å². The number of piperidine rings is 1. The number of likely N-dealkylation sites (tertiary alicyclic amines) is 2. The van der Waals surface area contributed by atoms with Crippen LogP contribution in [0.4, 0.5) is 13.2 Å². The Morgan fingerprint density at radius 3 is 2.35 bits per heavy atom. The number of aromatic nitrogens is 2. The van der Waals surface area contributed by atoms with Crippen molar-refractivity contribution in [2.75, 3.05) is 26.2 Å². The summed E-state index contributed by atoms with van der Waals surface area (Å²) in [5.74, 6) is -0.492. The van der Waals surface area contributed by atoms with Crippen LogP contribution in [-0.4, -0.2) is 57.7 Å². The lowest BCUT2D eigenvalue weighted by atomic mass is 10.0. The molecule has 3 heterocycles. The first kappa shape index (κ1) is 16.6. The minimum Gasteiger partial charge on any atom is -0.334 e. The largest absolute Gasteiger partial charge is 0.436 e. The normalized spacial score (nSPS) is 20.7. The van der Waals surface area contributed by atoms with Gasteiger partial charge in [-0.05, 0) is 25.9 Å². The van der Waals surface area contributed by atoms with Crippen LogP contribution in [0.3, 0.4) is 0 Å². The number of aryl methyl sites for hydroxylation is 1. The Hall–Kier alpha value is -1.28. The van der Waals surface area contributed by atoms with Crippen molar-refractivity contribution >= 4 is 17.5 Å². The Labute approximate surface area is 137 Å². The average Bonchev–Trinajstić information content (AvgIpc) is 2.73. The monoisotopic (exact) mass is 350 g/mol. The number of alkyl halides is 3. The molecule has 0 N–H and O–H groups in total. The lowest BCUT2D eigenvalue weighted by molar-refractivity contribution is -0.141. The van der Waals surface area contributed by atoms with Gasteiger partial charge in [0.2, 0.25) is 0 Å². The van der Waals surface area contributed by atoms with Gasteiger partial charge in [0.25, 0.3) is 5.91 Å². The summed E-state index contributed by atoms with van der Waals surface area (Å²) in [6, 6.07) is 0.299. The highest BCUT2D eigenvalue weighted by Crippen LogP contribution is 2.36. The summed E-state index contributed by atoms with van der Waals surface area (Å²) in [6.07, 6.45) is -1.12. The molecule has 0 atom stereocenters. The second kappa shape index (κ2) is 5.98. The molecule has 0 aromatic carbocycles. The van der Waals surface area contributed by atoms with Gasteiger partial charge in [-0.1, -0.05) is 18.0 Å². The molecule has 0 bridgehead atoms. The summed E-state index contributed by atoms with van der Waals surface area (Å²) < 4.78 is 39.4. The number of amides is 1. The zero-order valence-electron chi connectivity index (χ0n) is 12.7. The number of hydrogen-bond acceptors (Lipinski definition) is 3. The first-order chi connectivity index (χ1) is 10.8. The SMILES string of the molecule is Cn1nc(C(F)(F)F)c(Cl)c1C(=O)N1CC(N2CCCCC2)C1. The molecular formula is C14H18ClF3N4O. The highest BCUT2D eigenvalue weighted by Gasteiger charge is 2.42. The molecule has 0 aliphatic carbocycles. The first-order valence-electron chi connectivity index (χ1n) is 7.62. The fourth-order valence-electron chi connectivity index (χ4n) is 3.20. The molecule has 5 nitrogen and oxygen atoms in total. The summed E-state index contributed by atoms with van der Waals surface area (Å²) >= 11 is 5.76. The molecule has 2 aliphatic rings. The van der Waals surface area contributed by atoms with Gasteiger partial charge < -0.3 is 4.90 Å². The van der Waals surface area contributed by atoms with E-state index in [1.165, 1.54) is 18.4 Å². The second-order valence-corrected chi connectivity index (χ2v) is 6.47. The minimum absolute atomic E-state index is 0.198. The molecule has 1 aromatic heterocycles. The molecule has 2 fully saturated rings. The van der Waals surface area contributed by atoms with Crippen LogP contribution in [0.15, 0.2) is 0 Å². The number of rotatable bonds is 2. The maximum absolute atomic E-state index is 12.8. The standard InChI is InChI=1S/C14H18ClF3N4O/c1-20-11(10(15)12(19-20)14(16,17)18)13(23)22-7-9(8-22)21-5-3-2-4-6-21/h9H,2-8H2,1H3. The predicted octanol–water partition coefficient (Wildman–Crippen LogP) is 2.40. The van der Waals surface area contributed by atoms with E-state index >= 15 is 0 Å². The van der Waals surface area contributed by atoms with Gasteiger partial charge in [0.1, 0.15) is 10.7 Å². The quantitative estimate of drug-likeness (QED) is 0.822. The minimum atomic E-state index is -4.67. The first-order valence-corrected chi connectivity index (χ1v) is 8.00. The molecule has 0 unspecified atom stereocenters. The number of halogens is 4. The fraction of sp³-hybridized carbons (Fsp3) is 0.714. The Morgan fingerprint density at radius 2 is 1.83 bits per heavy atom. The van der Waals surface area contributed by atoms with Crippen molar-refractivity contribution < 1.29 is 18.0 Å². The van der Waals surface area contributed by atoms with E-state index in [2.05, 4.69) is 10.00 Å². The van der Waals surface area contributed by atoms with Gasteiger partial charge in [0, 0.05) is 26.2 Å². The van der Waals surface area contributed by atoms with Crippen LogP contribution < -0.4 is 0 Å². The molecule has 1 aromatic rings. The number of hydrogen-bond donors (Lipinski definition) is 0. The van der Waals surface area contributed by atoms with Crippen molar-refractivity contribution in [2.24, 2.45) is 7.05 Å². The van der Waals surface area contributed by atoms with Gasteiger partial charge in [0.05, 0.1) is 0 Å². The van der Waals surface area contributed by atoms with E-state index in [1.54, 1.807) is 0 Å². The Morgan fingerprint density at radius 1 is 1.22 bits per heavy atom. The Balaban J connectivity index is 1.69. The van der Waals surface area contributed by atoms with Crippen molar-refractivity contribution in [1.29, 1.82) is 0 Å². The topological polar surface area (TPSA) is 41.4 Å². The van der Waals surface area contributed by atoms with Gasteiger partial charge in [0.15, 0.2) is 5.69 Å². The van der Waals surface area contributed by atoms with Crippen molar-refractivity contribution in [2.45, 2.75) is 31.5 Å². The lowest BCUT2D eigenvalue weighted by Gasteiger charge is -2.46. The summed E-state index contributed by atoms with van der Waals surface area (Å²) in [5, 5.41) is 2.73. The molecule has 1 amide bonds. The van der Waals surface area contributed by atoms with Crippen LogP contribution in [0, 0.1) is 0 Å². The van der Waals surface area contributed by atoms with E-state index in [-0.39, 0.29) is 5.69 Å². The molecule has 3 rings (SSSR count). The fourth-order valence-corrected chi connectivity index (χ4v) is 3.54. The molecule has 2 saturated heterocycles. The van der Waals surface area contributed by atoms with E-state index in [0.29, 0.717) is 19.1 Å². The van der Waals surface area contributed by atoms with Crippen molar-refractivity contribution in [3.05, 3.63) is 16.4 Å². The maximum Gasteiger partial charge on any atom is 0.436 e. The third-order valence-corrected chi connectivity index (χ3v) is 4.88. The smallest absolute Gasteiger partial charge is 0.334 e. The van der Waals surface area contributed by atoms with Gasteiger partial charge in [-0.25, -0.2) is 0 Å². The molecular weight excluding hydrogens is 333 g/mol. The van der Waals surface area contributed by atoms with Crippen LogP contribution >= 0.6 is 11.6 Å². The van der Waals surface area contributed by atoms with E-state index in [9.17, 15) is 18.0 Å². The lowest BCUT2D eigenvalue weighted by Crippen LogP contribution is -2.62. The molecule has 0 radical (unpaired) electrons. The van der Waals surface area contributed by atoms with Crippen LogP contribution in [0.2, 0.25) is 5.02 Å². The van der Waals surface area contributed by atoms with Gasteiger partial charge in [-0.2, -0.15) is 18.3 Å². The molecule has 9 heteroatoms. The Kier molecular flexibility index (Phi) is 4.31. The van der Waals surface area contributed by atoms with Crippen molar-refractivity contribution in [3.63, 3.8) is 0 Å². The van der Waals surface area contributed by atoms with E-state index in [0.717, 1.165) is 30.6 Å². The third-order valence-electron chi connectivity index (χ3n) is 4.52. The highest BCUT2D eigenvalue weighted by molar-refractivity contribution is 6.34. The number of carbonyl (C=O) groups excluding carboxylic acids is 1. The third kappa shape index (κ3) is 3.06. The molecule has 23 heavy (non-hydrogen) atoms. The van der Waals surface area contributed by atoms with Gasteiger partial charge in [-0.3, -0.25) is 14.4 Å². The molecule has 0 saturated carbocycles. The average molecular weight is 351 g/mol. The molecule has 2 aliphatic heterocycles. The predicted molar refractivity (Wildman–Crippen MR) is 78.3 cm³/mol. The summed E-state index contributed by atoms with van der Waals surface area (Å²) in [7, 11) is 1.30. The van der Waals surface area contributed by atoms with Crippen LogP contribution in [0.5, 0.6) is 0 Å². The second-order valence-electron chi connectivity index (χ2n) is 6.09. The zero-order chi connectivity index (χ0) is 16.8. The van der Waals surface area contributed by atoms with E-state index in [4.69, 9.17) is 11.6 Å². The van der Waals surface area contributed by atoms with Gasteiger partial charge in [-0.15, -0.1) is 0 Å². The van der Waals surface area contributed by atoms with Crippen LogP contribution in [-0.2, 0) is 13.2 Å². The van der Waals surface area contributed by atoms with E-state index in [1.807, 2.05) is 0 Å². The molecule has 0 spiro atoms. The summed E-state index contributed by atoms with van der Waals surface area (Å²) in [4.78, 5) is 16.3. The molecule has 128 valence electrons. The highest BCUT2D eigenvalue weighted by atomic mass is 35.5. The number of carbonyl (C=O) groups is 1. The summed E-state index contributed by atoms with van der Waals surface area (Å²) in [6.45, 7) is 3.11. The Bertz CT molecular complexity index is 604. The van der Waals surface area contributed by atoms with Crippen LogP contribution in [0.1, 0.15) is 35.4 Å². The van der Waals surface area contributed by atoms with Crippen LogP contribution in [0.25, 0.3) is 0 Å². The number of nitrogens with zero attached hydrogens (tertiary/aromatic N) is 4. The summed E-state index contributed by atoms with van der Waals surface area (Å²) in [5.41, 5.74) is -1.41.